The summed E-state index contributed by atoms with van der Waals surface area (Å²) in [6.07, 6.45) is 0. The molecular formula is C47H28N4O. The number of hydrogen-bond donors (Lipinski definition) is 0. The fourth-order valence-corrected chi connectivity index (χ4v) is 7.95. The second kappa shape index (κ2) is 11.2. The van der Waals surface area contributed by atoms with Gasteiger partial charge in [0.2, 0.25) is 0 Å². The summed E-state index contributed by atoms with van der Waals surface area (Å²) in [6, 6.07) is 59.0. The fraction of sp³-hybridized carbons (Fsp3) is 0. The van der Waals surface area contributed by atoms with Gasteiger partial charge in [-0.1, -0.05) is 146 Å². The normalized spacial score (nSPS) is 11.8. The van der Waals surface area contributed by atoms with E-state index in [4.69, 9.17) is 19.4 Å². The number of furan rings is 1. The van der Waals surface area contributed by atoms with Gasteiger partial charge in [0.1, 0.15) is 11.2 Å². The SMILES string of the molecule is c1ccc(-c2nc(-c3cccc4ccccc34)nc(-c3cccc4oc5cc6ccccc6c(-n6c7ccccc7c7ccccc76)c5c34)n2)cc1. The molecule has 0 fully saturated rings. The van der Waals surface area contributed by atoms with Gasteiger partial charge in [-0.25, -0.2) is 15.0 Å². The predicted molar refractivity (Wildman–Crippen MR) is 213 cm³/mol. The van der Waals surface area contributed by atoms with Crippen molar-refractivity contribution in [3.8, 4) is 39.9 Å². The quantitative estimate of drug-likeness (QED) is 0.188. The second-order valence-electron chi connectivity index (χ2n) is 13.2. The van der Waals surface area contributed by atoms with E-state index in [1.807, 2.05) is 42.5 Å². The highest BCUT2D eigenvalue weighted by molar-refractivity contribution is 6.22. The van der Waals surface area contributed by atoms with Crippen molar-refractivity contribution in [1.82, 2.24) is 19.5 Å². The van der Waals surface area contributed by atoms with Crippen molar-refractivity contribution in [3.05, 3.63) is 170 Å². The summed E-state index contributed by atoms with van der Waals surface area (Å²) in [5, 5.41) is 8.86. The highest BCUT2D eigenvalue weighted by Crippen LogP contribution is 2.45. The van der Waals surface area contributed by atoms with E-state index in [0.717, 1.165) is 76.9 Å². The van der Waals surface area contributed by atoms with Gasteiger partial charge >= 0.3 is 0 Å². The molecule has 0 radical (unpaired) electrons. The van der Waals surface area contributed by atoms with Gasteiger partial charge in [0.05, 0.1) is 22.1 Å². The minimum absolute atomic E-state index is 0.589. The predicted octanol–water partition coefficient (Wildman–Crippen LogP) is 12.2. The Morgan fingerprint density at radius 1 is 0.385 bits per heavy atom. The summed E-state index contributed by atoms with van der Waals surface area (Å²) in [5.74, 6) is 1.83. The Morgan fingerprint density at radius 3 is 1.71 bits per heavy atom. The van der Waals surface area contributed by atoms with Gasteiger partial charge in [0.15, 0.2) is 17.5 Å². The molecule has 52 heavy (non-hydrogen) atoms. The smallest absolute Gasteiger partial charge is 0.164 e. The van der Waals surface area contributed by atoms with E-state index in [-0.39, 0.29) is 0 Å². The third-order valence-corrected chi connectivity index (χ3v) is 10.2. The van der Waals surface area contributed by atoms with Crippen LogP contribution in [-0.2, 0) is 0 Å². The lowest BCUT2D eigenvalue weighted by molar-refractivity contribution is 0.669. The van der Waals surface area contributed by atoms with Crippen LogP contribution in [0.25, 0.3) is 105 Å². The Hall–Kier alpha value is -7.11. The van der Waals surface area contributed by atoms with Crippen LogP contribution in [0.4, 0.5) is 0 Å². The zero-order valence-corrected chi connectivity index (χ0v) is 27.9. The molecule has 8 aromatic carbocycles. The molecule has 0 aliphatic heterocycles. The van der Waals surface area contributed by atoms with Crippen LogP contribution in [0.5, 0.6) is 0 Å². The second-order valence-corrected chi connectivity index (χ2v) is 13.2. The standard InChI is InChI=1S/C47H28N4O/c1-2-15-30(16-3-1)45-48-46(36-23-12-18-29-14-4-6-19-32(29)36)50-47(49-45)37-24-13-27-40-42(37)43-41(52-40)28-31-17-5-7-20-33(31)44(43)51-38-25-10-8-21-34(38)35-22-9-11-26-39(35)51/h1-28H. The zero-order chi connectivity index (χ0) is 34.2. The summed E-state index contributed by atoms with van der Waals surface area (Å²) in [6.45, 7) is 0. The van der Waals surface area contributed by atoms with Crippen LogP contribution in [0.15, 0.2) is 174 Å². The third kappa shape index (κ3) is 4.26. The number of aromatic nitrogens is 4. The van der Waals surface area contributed by atoms with Gasteiger partial charge in [-0.3, -0.25) is 0 Å². The molecule has 5 heteroatoms. The Balaban J connectivity index is 1.28. The monoisotopic (exact) mass is 664 g/mol. The summed E-state index contributed by atoms with van der Waals surface area (Å²) in [7, 11) is 0. The van der Waals surface area contributed by atoms with Crippen molar-refractivity contribution in [2.75, 3.05) is 0 Å². The third-order valence-electron chi connectivity index (χ3n) is 10.2. The van der Waals surface area contributed by atoms with Crippen molar-refractivity contribution < 1.29 is 4.42 Å². The first-order chi connectivity index (χ1) is 25.8. The van der Waals surface area contributed by atoms with Gasteiger partial charge in [0, 0.05) is 38.2 Å². The molecule has 3 heterocycles. The zero-order valence-electron chi connectivity index (χ0n) is 27.9. The van der Waals surface area contributed by atoms with E-state index in [2.05, 4.69) is 132 Å². The maximum Gasteiger partial charge on any atom is 0.164 e. The van der Waals surface area contributed by atoms with Gasteiger partial charge in [0.25, 0.3) is 0 Å². The molecule has 242 valence electrons. The van der Waals surface area contributed by atoms with Crippen molar-refractivity contribution >= 4 is 65.3 Å². The van der Waals surface area contributed by atoms with Crippen LogP contribution in [0, 0.1) is 0 Å². The maximum absolute atomic E-state index is 6.79. The molecule has 0 aliphatic carbocycles. The molecule has 0 N–H and O–H groups in total. The minimum Gasteiger partial charge on any atom is -0.456 e. The molecule has 0 aliphatic rings. The van der Waals surface area contributed by atoms with Gasteiger partial charge in [-0.15, -0.1) is 0 Å². The first-order valence-corrected chi connectivity index (χ1v) is 17.5. The number of para-hydroxylation sites is 2. The number of benzene rings is 8. The Labute approximate surface area is 298 Å². The first kappa shape index (κ1) is 28.7. The Bertz CT molecular complexity index is 3140. The number of fused-ring (bicyclic) bond motifs is 8. The highest BCUT2D eigenvalue weighted by Gasteiger charge is 2.24. The van der Waals surface area contributed by atoms with Crippen LogP contribution < -0.4 is 0 Å². The summed E-state index contributed by atoms with van der Waals surface area (Å²) in [5.41, 5.74) is 7.70. The lowest BCUT2D eigenvalue weighted by atomic mass is 9.99. The summed E-state index contributed by atoms with van der Waals surface area (Å²) < 4.78 is 9.20. The molecule has 0 unspecified atom stereocenters. The van der Waals surface area contributed by atoms with Crippen LogP contribution in [0.2, 0.25) is 0 Å². The average molecular weight is 665 g/mol. The van der Waals surface area contributed by atoms with Gasteiger partial charge in [-0.2, -0.15) is 0 Å². The van der Waals surface area contributed by atoms with E-state index in [1.54, 1.807) is 0 Å². The summed E-state index contributed by atoms with van der Waals surface area (Å²) in [4.78, 5) is 15.6. The topological polar surface area (TPSA) is 56.7 Å². The van der Waals surface area contributed by atoms with Crippen molar-refractivity contribution in [2.24, 2.45) is 0 Å². The van der Waals surface area contributed by atoms with Crippen molar-refractivity contribution in [3.63, 3.8) is 0 Å². The highest BCUT2D eigenvalue weighted by atomic mass is 16.3. The molecule has 0 spiro atoms. The van der Waals surface area contributed by atoms with Crippen LogP contribution in [0.3, 0.4) is 0 Å². The number of nitrogens with zero attached hydrogens (tertiary/aromatic N) is 4. The largest absolute Gasteiger partial charge is 0.456 e. The molecule has 5 nitrogen and oxygen atoms in total. The van der Waals surface area contributed by atoms with Crippen molar-refractivity contribution in [2.45, 2.75) is 0 Å². The number of hydrogen-bond acceptors (Lipinski definition) is 4. The summed E-state index contributed by atoms with van der Waals surface area (Å²) >= 11 is 0. The molecule has 3 aromatic heterocycles. The molecule has 0 amide bonds. The van der Waals surface area contributed by atoms with Crippen molar-refractivity contribution in [1.29, 1.82) is 0 Å². The molecule has 11 aromatic rings. The molecule has 0 saturated carbocycles. The first-order valence-electron chi connectivity index (χ1n) is 17.5. The lowest BCUT2D eigenvalue weighted by Gasteiger charge is -2.14. The molecule has 0 saturated heterocycles. The number of rotatable bonds is 4. The van der Waals surface area contributed by atoms with Crippen LogP contribution >= 0.6 is 0 Å². The molecule has 0 atom stereocenters. The molecule has 0 bridgehead atoms. The van der Waals surface area contributed by atoms with Gasteiger partial charge in [-0.05, 0) is 40.4 Å². The maximum atomic E-state index is 6.79. The van der Waals surface area contributed by atoms with Crippen LogP contribution in [0.1, 0.15) is 0 Å². The fourth-order valence-electron chi connectivity index (χ4n) is 7.95. The van der Waals surface area contributed by atoms with E-state index in [1.165, 1.54) is 10.8 Å². The Kier molecular flexibility index (Phi) is 6.18. The van der Waals surface area contributed by atoms with E-state index >= 15 is 0 Å². The van der Waals surface area contributed by atoms with E-state index < -0.39 is 0 Å². The van der Waals surface area contributed by atoms with Gasteiger partial charge < -0.3 is 8.98 Å². The van der Waals surface area contributed by atoms with E-state index in [0.29, 0.717) is 17.5 Å². The minimum atomic E-state index is 0.589. The average Bonchev–Trinajstić information content (AvgIpc) is 3.75. The van der Waals surface area contributed by atoms with E-state index in [9.17, 15) is 0 Å². The Morgan fingerprint density at radius 2 is 0.942 bits per heavy atom. The molecule has 11 rings (SSSR count). The lowest BCUT2D eigenvalue weighted by Crippen LogP contribution is -2.01. The molecular weight excluding hydrogens is 637 g/mol. The van der Waals surface area contributed by atoms with Crippen LogP contribution in [-0.4, -0.2) is 19.5 Å².